The minimum Gasteiger partial charge on any atom is -0.467 e. The van der Waals surface area contributed by atoms with Crippen LogP contribution in [0.2, 0.25) is 0 Å². The molecule has 1 heterocycles. The van der Waals surface area contributed by atoms with Crippen molar-refractivity contribution in [3.8, 4) is 0 Å². The minimum atomic E-state index is -0.752. The molecule has 1 atom stereocenters. The first-order chi connectivity index (χ1) is 14.1. The Morgan fingerprint density at radius 3 is 2.20 bits per heavy atom. The number of nitrogens with one attached hydrogen (secondary N) is 3. The molecule has 162 valence electrons. The summed E-state index contributed by atoms with van der Waals surface area (Å²) in [5, 5.41) is 8.01. The number of benzene rings is 1. The summed E-state index contributed by atoms with van der Waals surface area (Å²) < 4.78 is 5.14. The number of carbonyl (C=O) groups is 3. The van der Waals surface area contributed by atoms with Gasteiger partial charge in [-0.2, -0.15) is 0 Å². The van der Waals surface area contributed by atoms with Crippen molar-refractivity contribution in [3.05, 3.63) is 59.5 Å². The van der Waals surface area contributed by atoms with Gasteiger partial charge in [-0.1, -0.05) is 46.8 Å². The minimum absolute atomic E-state index is 0.00707. The van der Waals surface area contributed by atoms with Crippen molar-refractivity contribution in [3.63, 3.8) is 0 Å². The molecular weight excluding hydrogens is 382 g/mol. The molecule has 3 amide bonds. The Morgan fingerprint density at radius 2 is 1.67 bits per heavy atom. The van der Waals surface area contributed by atoms with E-state index in [0.717, 1.165) is 5.56 Å². The van der Waals surface area contributed by atoms with E-state index >= 15 is 0 Å². The summed E-state index contributed by atoms with van der Waals surface area (Å²) >= 11 is 0. The number of carbonyl (C=O) groups excluding carboxylic acids is 3. The van der Waals surface area contributed by atoms with Crippen molar-refractivity contribution >= 4 is 17.7 Å². The van der Waals surface area contributed by atoms with Crippen molar-refractivity contribution in [2.45, 2.75) is 52.6 Å². The summed E-state index contributed by atoms with van der Waals surface area (Å²) in [6.45, 7) is 10.0. The first kappa shape index (κ1) is 23.2. The molecule has 2 rings (SSSR count). The first-order valence-electron chi connectivity index (χ1n) is 10.1. The maximum atomic E-state index is 12.6. The largest absolute Gasteiger partial charge is 0.467 e. The molecule has 2 aromatic rings. The third kappa shape index (κ3) is 6.76. The van der Waals surface area contributed by atoms with E-state index in [-0.39, 0.29) is 36.2 Å². The SMILES string of the molecule is CC(C)[C@H](NC(=O)c1ccc(C(C)(C)C)cc1)C(=O)NCC(=O)NCc1ccco1. The average molecular weight is 414 g/mol. The highest BCUT2D eigenvalue weighted by Gasteiger charge is 2.25. The van der Waals surface area contributed by atoms with Gasteiger partial charge in [0.25, 0.3) is 5.91 Å². The van der Waals surface area contributed by atoms with Crippen LogP contribution in [0.4, 0.5) is 0 Å². The van der Waals surface area contributed by atoms with Gasteiger partial charge in [-0.3, -0.25) is 14.4 Å². The standard InChI is InChI=1S/C23H31N3O4/c1-15(2)20(22(29)25-14-19(27)24-13-18-7-6-12-30-18)26-21(28)16-8-10-17(11-9-16)23(3,4)5/h6-12,15,20H,13-14H2,1-5H3,(H,24,27)(H,25,29)(H,26,28)/t20-/m0/s1. The zero-order valence-electron chi connectivity index (χ0n) is 18.2. The Hall–Kier alpha value is -3.09. The Kier molecular flexibility index (Phi) is 7.80. The number of rotatable bonds is 8. The number of furan rings is 1. The number of amides is 3. The Labute approximate surface area is 177 Å². The molecule has 0 saturated heterocycles. The topological polar surface area (TPSA) is 100 Å². The van der Waals surface area contributed by atoms with E-state index in [2.05, 4.69) is 36.7 Å². The van der Waals surface area contributed by atoms with Crippen molar-refractivity contribution < 1.29 is 18.8 Å². The number of hydrogen-bond acceptors (Lipinski definition) is 4. The van der Waals surface area contributed by atoms with Crippen LogP contribution in [0.5, 0.6) is 0 Å². The lowest BCUT2D eigenvalue weighted by atomic mass is 9.86. The molecule has 30 heavy (non-hydrogen) atoms. The fourth-order valence-corrected chi connectivity index (χ4v) is 2.82. The molecule has 0 aliphatic rings. The molecule has 7 nitrogen and oxygen atoms in total. The van der Waals surface area contributed by atoms with Crippen molar-refractivity contribution in [1.82, 2.24) is 16.0 Å². The molecule has 1 aromatic heterocycles. The second kappa shape index (κ2) is 10.1. The van der Waals surface area contributed by atoms with Gasteiger partial charge in [0.1, 0.15) is 11.8 Å². The van der Waals surface area contributed by atoms with Gasteiger partial charge in [0.15, 0.2) is 0 Å². The molecule has 0 fully saturated rings. The highest BCUT2D eigenvalue weighted by Crippen LogP contribution is 2.22. The van der Waals surface area contributed by atoms with Crippen molar-refractivity contribution in [1.29, 1.82) is 0 Å². The molecule has 1 aromatic carbocycles. The van der Waals surface area contributed by atoms with Crippen LogP contribution in [0, 0.1) is 5.92 Å². The van der Waals surface area contributed by atoms with Gasteiger partial charge >= 0.3 is 0 Å². The van der Waals surface area contributed by atoms with Crippen LogP contribution in [0.3, 0.4) is 0 Å². The van der Waals surface area contributed by atoms with Gasteiger partial charge in [-0.05, 0) is 41.2 Å². The summed E-state index contributed by atoms with van der Waals surface area (Å²) in [6.07, 6.45) is 1.52. The van der Waals surface area contributed by atoms with Gasteiger partial charge in [0.05, 0.1) is 19.4 Å². The maximum absolute atomic E-state index is 12.6. The van der Waals surface area contributed by atoms with Gasteiger partial charge in [-0.25, -0.2) is 0 Å². The van der Waals surface area contributed by atoms with E-state index in [4.69, 9.17) is 4.42 Å². The van der Waals surface area contributed by atoms with Crippen LogP contribution in [-0.4, -0.2) is 30.3 Å². The van der Waals surface area contributed by atoms with Gasteiger partial charge in [0, 0.05) is 5.56 Å². The molecule has 7 heteroatoms. The van der Waals surface area contributed by atoms with Crippen LogP contribution < -0.4 is 16.0 Å². The predicted octanol–water partition coefficient (Wildman–Crippen LogP) is 2.76. The van der Waals surface area contributed by atoms with E-state index in [1.165, 1.54) is 6.26 Å². The van der Waals surface area contributed by atoms with Crippen LogP contribution >= 0.6 is 0 Å². The molecule has 0 radical (unpaired) electrons. The molecular formula is C23H31N3O4. The monoisotopic (exact) mass is 413 g/mol. The average Bonchev–Trinajstić information content (AvgIpc) is 3.21. The zero-order valence-corrected chi connectivity index (χ0v) is 18.2. The lowest BCUT2D eigenvalue weighted by Crippen LogP contribution is -2.51. The molecule has 0 saturated carbocycles. The predicted molar refractivity (Wildman–Crippen MR) is 115 cm³/mol. The number of hydrogen-bond donors (Lipinski definition) is 3. The highest BCUT2D eigenvalue weighted by molar-refractivity contribution is 5.98. The lowest BCUT2D eigenvalue weighted by molar-refractivity contribution is -0.127. The van der Waals surface area contributed by atoms with Gasteiger partial charge in [0.2, 0.25) is 11.8 Å². The second-order valence-electron chi connectivity index (χ2n) is 8.60. The summed E-state index contributed by atoms with van der Waals surface area (Å²) in [4.78, 5) is 37.1. The lowest BCUT2D eigenvalue weighted by Gasteiger charge is -2.22. The smallest absolute Gasteiger partial charge is 0.251 e. The second-order valence-corrected chi connectivity index (χ2v) is 8.60. The van der Waals surface area contributed by atoms with Crippen LogP contribution in [0.1, 0.15) is 56.3 Å². The van der Waals surface area contributed by atoms with Gasteiger partial charge in [-0.15, -0.1) is 0 Å². The molecule has 0 spiro atoms. The summed E-state index contributed by atoms with van der Waals surface area (Å²) in [5.74, 6) is -0.593. The van der Waals surface area contributed by atoms with E-state index in [9.17, 15) is 14.4 Å². The van der Waals surface area contributed by atoms with Gasteiger partial charge < -0.3 is 20.4 Å². The van der Waals surface area contributed by atoms with E-state index in [1.54, 1.807) is 24.3 Å². The fourth-order valence-electron chi connectivity index (χ4n) is 2.82. The maximum Gasteiger partial charge on any atom is 0.251 e. The summed E-state index contributed by atoms with van der Waals surface area (Å²) in [5.41, 5.74) is 1.60. The third-order valence-corrected chi connectivity index (χ3v) is 4.71. The fraction of sp³-hybridized carbons (Fsp3) is 0.435. The molecule has 0 aliphatic carbocycles. The van der Waals surface area contributed by atoms with Crippen LogP contribution in [0.25, 0.3) is 0 Å². The van der Waals surface area contributed by atoms with Crippen molar-refractivity contribution in [2.24, 2.45) is 5.92 Å². The quantitative estimate of drug-likeness (QED) is 0.619. The normalized spacial score (nSPS) is 12.3. The molecule has 0 aliphatic heterocycles. The zero-order chi connectivity index (χ0) is 22.3. The Bertz CT molecular complexity index is 850. The van der Waals surface area contributed by atoms with Crippen LogP contribution in [-0.2, 0) is 21.5 Å². The van der Waals surface area contributed by atoms with E-state index < -0.39 is 11.9 Å². The van der Waals surface area contributed by atoms with E-state index in [1.807, 2.05) is 26.0 Å². The third-order valence-electron chi connectivity index (χ3n) is 4.71. The molecule has 3 N–H and O–H groups in total. The summed E-state index contributed by atoms with van der Waals surface area (Å²) in [6, 6.07) is 10.1. The summed E-state index contributed by atoms with van der Waals surface area (Å²) in [7, 11) is 0. The van der Waals surface area contributed by atoms with Crippen LogP contribution in [0.15, 0.2) is 47.1 Å². The first-order valence-corrected chi connectivity index (χ1v) is 10.1. The molecule has 0 bridgehead atoms. The Balaban J connectivity index is 1.90. The van der Waals surface area contributed by atoms with Crippen molar-refractivity contribution in [2.75, 3.05) is 6.54 Å². The van der Waals surface area contributed by atoms with E-state index in [0.29, 0.717) is 11.3 Å². The Morgan fingerprint density at radius 1 is 1.00 bits per heavy atom. The highest BCUT2D eigenvalue weighted by atomic mass is 16.3. The molecule has 0 unspecified atom stereocenters.